The first-order valence-electron chi connectivity index (χ1n) is 6.18. The molecule has 1 aromatic rings. The van der Waals surface area contributed by atoms with Crippen LogP contribution in [0.2, 0.25) is 0 Å². The van der Waals surface area contributed by atoms with Gasteiger partial charge in [0.25, 0.3) is 0 Å². The van der Waals surface area contributed by atoms with Crippen LogP contribution < -0.4 is 5.32 Å². The zero-order valence-electron chi connectivity index (χ0n) is 10.9. The van der Waals surface area contributed by atoms with Crippen LogP contribution in [0.25, 0.3) is 0 Å². The average molecular weight is 298 g/mol. The number of nitrogens with zero attached hydrogens (tertiary/aromatic N) is 1. The van der Waals surface area contributed by atoms with Crippen LogP contribution in [0.4, 0.5) is 14.9 Å². The molecule has 0 aliphatic carbocycles. The lowest BCUT2D eigenvalue weighted by atomic mass is 10.1. The molecule has 7 heteroatoms. The predicted octanol–water partition coefficient (Wildman–Crippen LogP) is 2.49. The van der Waals surface area contributed by atoms with Gasteiger partial charge in [-0.05, 0) is 12.1 Å². The second-order valence-corrected chi connectivity index (χ2v) is 6.07. The molecule has 0 aromatic heterocycles. The zero-order valence-corrected chi connectivity index (χ0v) is 11.7. The van der Waals surface area contributed by atoms with E-state index in [1.54, 1.807) is 16.7 Å². The molecule has 1 unspecified atom stereocenters. The van der Waals surface area contributed by atoms with Gasteiger partial charge in [0.05, 0.1) is 5.69 Å². The first-order valence-corrected chi connectivity index (χ1v) is 7.23. The Morgan fingerprint density at radius 2 is 2.25 bits per heavy atom. The van der Waals surface area contributed by atoms with E-state index in [4.69, 9.17) is 5.11 Å². The summed E-state index contributed by atoms with van der Waals surface area (Å²) in [5.74, 6) is -1.43. The maximum atomic E-state index is 13.5. The topological polar surface area (TPSA) is 69.6 Å². The number of anilines is 1. The maximum absolute atomic E-state index is 13.5. The number of urea groups is 1. The fraction of sp³-hybridized carbons (Fsp3) is 0.385. The summed E-state index contributed by atoms with van der Waals surface area (Å²) in [5.41, 5.74) is -0.534. The van der Waals surface area contributed by atoms with E-state index in [0.29, 0.717) is 18.3 Å². The molecular weight excluding hydrogens is 283 g/mol. The number of hydrogen-bond donors (Lipinski definition) is 2. The third kappa shape index (κ3) is 3.22. The molecule has 0 saturated carbocycles. The summed E-state index contributed by atoms with van der Waals surface area (Å²) in [6.45, 7) is 3.21. The van der Waals surface area contributed by atoms with Crippen LogP contribution in [0.15, 0.2) is 18.2 Å². The molecule has 1 saturated heterocycles. The molecule has 1 heterocycles. The lowest BCUT2D eigenvalue weighted by Crippen LogP contribution is -2.43. The minimum absolute atomic E-state index is 0.0200. The van der Waals surface area contributed by atoms with E-state index in [2.05, 4.69) is 5.32 Å². The molecule has 2 rings (SSSR count). The van der Waals surface area contributed by atoms with E-state index in [9.17, 15) is 14.0 Å². The number of hydrogen-bond acceptors (Lipinski definition) is 3. The van der Waals surface area contributed by atoms with E-state index in [-0.39, 0.29) is 5.69 Å². The number of carbonyl (C=O) groups excluding carboxylic acids is 1. The maximum Gasteiger partial charge on any atom is 0.340 e. The molecule has 1 fully saturated rings. The predicted molar refractivity (Wildman–Crippen MR) is 75.9 cm³/mol. The van der Waals surface area contributed by atoms with Gasteiger partial charge >= 0.3 is 12.0 Å². The summed E-state index contributed by atoms with van der Waals surface area (Å²) in [4.78, 5) is 24.7. The van der Waals surface area contributed by atoms with Crippen molar-refractivity contribution in [2.45, 2.75) is 12.2 Å². The van der Waals surface area contributed by atoms with Gasteiger partial charge in [-0.3, -0.25) is 0 Å². The minimum Gasteiger partial charge on any atom is -0.478 e. The van der Waals surface area contributed by atoms with Crippen molar-refractivity contribution in [2.24, 2.45) is 0 Å². The third-order valence-electron chi connectivity index (χ3n) is 3.00. The van der Waals surface area contributed by atoms with Crippen molar-refractivity contribution in [3.63, 3.8) is 0 Å². The number of benzene rings is 1. The van der Waals surface area contributed by atoms with Crippen molar-refractivity contribution >= 4 is 29.4 Å². The van der Waals surface area contributed by atoms with Gasteiger partial charge in [0.1, 0.15) is 11.4 Å². The van der Waals surface area contributed by atoms with Crippen LogP contribution in [-0.4, -0.2) is 46.1 Å². The van der Waals surface area contributed by atoms with Crippen molar-refractivity contribution in [1.29, 1.82) is 0 Å². The number of thioether (sulfide) groups is 1. The highest BCUT2D eigenvalue weighted by Crippen LogP contribution is 2.22. The van der Waals surface area contributed by atoms with Crippen molar-refractivity contribution in [1.82, 2.24) is 4.90 Å². The Hall–Kier alpha value is -1.76. The van der Waals surface area contributed by atoms with Gasteiger partial charge in [-0.2, -0.15) is 11.8 Å². The van der Waals surface area contributed by atoms with Crippen molar-refractivity contribution < 1.29 is 19.1 Å². The Labute approximate surface area is 120 Å². The fourth-order valence-corrected chi connectivity index (χ4v) is 3.06. The second kappa shape index (κ2) is 6.13. The van der Waals surface area contributed by atoms with Crippen molar-refractivity contribution in [3.05, 3.63) is 29.6 Å². The van der Waals surface area contributed by atoms with Crippen LogP contribution >= 0.6 is 11.8 Å². The van der Waals surface area contributed by atoms with Crippen LogP contribution in [0.1, 0.15) is 17.3 Å². The molecule has 1 aromatic carbocycles. The van der Waals surface area contributed by atoms with E-state index in [0.717, 1.165) is 11.8 Å². The highest BCUT2D eigenvalue weighted by molar-refractivity contribution is 7.99. The van der Waals surface area contributed by atoms with Gasteiger partial charge in [-0.25, -0.2) is 14.0 Å². The monoisotopic (exact) mass is 298 g/mol. The molecule has 2 amide bonds. The van der Waals surface area contributed by atoms with E-state index in [1.165, 1.54) is 12.1 Å². The molecular formula is C13H15FN2O3S. The normalized spacial score (nSPS) is 18.7. The van der Waals surface area contributed by atoms with Crippen LogP contribution in [0.3, 0.4) is 0 Å². The van der Waals surface area contributed by atoms with Gasteiger partial charge < -0.3 is 15.3 Å². The lowest BCUT2D eigenvalue weighted by molar-refractivity contribution is 0.0693. The summed E-state index contributed by atoms with van der Waals surface area (Å²) < 4.78 is 13.5. The third-order valence-corrected chi connectivity index (χ3v) is 4.13. The smallest absolute Gasteiger partial charge is 0.340 e. The molecule has 108 valence electrons. The Bertz CT molecular complexity index is 538. The molecule has 2 N–H and O–H groups in total. The number of carboxylic acid groups (broad SMARTS) is 1. The van der Waals surface area contributed by atoms with Gasteiger partial charge in [0, 0.05) is 24.1 Å². The van der Waals surface area contributed by atoms with Gasteiger partial charge in [-0.1, -0.05) is 13.0 Å². The number of halogens is 1. The quantitative estimate of drug-likeness (QED) is 0.880. The molecule has 20 heavy (non-hydrogen) atoms. The number of carbonyl (C=O) groups is 2. The molecule has 1 atom stereocenters. The molecule has 0 bridgehead atoms. The van der Waals surface area contributed by atoms with Gasteiger partial charge in [0.15, 0.2) is 0 Å². The highest BCUT2D eigenvalue weighted by Gasteiger charge is 2.23. The van der Waals surface area contributed by atoms with E-state index < -0.39 is 23.4 Å². The van der Waals surface area contributed by atoms with Crippen LogP contribution in [0, 0.1) is 5.82 Å². The summed E-state index contributed by atoms with van der Waals surface area (Å²) in [7, 11) is 0. The van der Waals surface area contributed by atoms with Crippen LogP contribution in [-0.2, 0) is 0 Å². The van der Waals surface area contributed by atoms with Gasteiger partial charge in [-0.15, -0.1) is 0 Å². The number of rotatable bonds is 2. The molecule has 1 aliphatic heterocycles. The van der Waals surface area contributed by atoms with Crippen LogP contribution in [0.5, 0.6) is 0 Å². The Morgan fingerprint density at radius 3 is 2.90 bits per heavy atom. The lowest BCUT2D eigenvalue weighted by Gasteiger charge is -2.30. The Morgan fingerprint density at radius 1 is 1.50 bits per heavy atom. The minimum atomic E-state index is -1.40. The molecule has 5 nitrogen and oxygen atoms in total. The fourth-order valence-electron chi connectivity index (χ4n) is 2.04. The number of aromatic carboxylic acids is 1. The second-order valence-electron chi connectivity index (χ2n) is 4.53. The largest absolute Gasteiger partial charge is 0.478 e. The highest BCUT2D eigenvalue weighted by atomic mass is 32.2. The summed E-state index contributed by atoms with van der Waals surface area (Å²) in [6, 6.07) is 3.41. The van der Waals surface area contributed by atoms with Gasteiger partial charge in [0.2, 0.25) is 0 Å². The van der Waals surface area contributed by atoms with E-state index in [1.807, 2.05) is 6.92 Å². The van der Waals surface area contributed by atoms with E-state index >= 15 is 0 Å². The zero-order chi connectivity index (χ0) is 14.7. The summed E-state index contributed by atoms with van der Waals surface area (Å²) >= 11 is 1.78. The molecule has 1 aliphatic rings. The number of amides is 2. The molecule has 0 radical (unpaired) electrons. The van der Waals surface area contributed by atoms with Crippen molar-refractivity contribution in [3.8, 4) is 0 Å². The first-order chi connectivity index (χ1) is 9.49. The standard InChI is InChI=1S/C13H15FN2O3S/c1-8-7-16(5-6-20-8)13(19)15-10-4-2-3-9(14)11(10)12(17)18/h2-4,8H,5-7H2,1H3,(H,15,19)(H,17,18). The Kier molecular flexibility index (Phi) is 4.49. The number of nitrogens with one attached hydrogen (secondary N) is 1. The Balaban J connectivity index is 2.15. The number of carboxylic acids is 1. The molecule has 0 spiro atoms. The first kappa shape index (κ1) is 14.6. The summed E-state index contributed by atoms with van der Waals surface area (Å²) in [6.07, 6.45) is 0. The SMILES string of the molecule is CC1CN(C(=O)Nc2cccc(F)c2C(=O)O)CCS1. The average Bonchev–Trinajstić information content (AvgIpc) is 2.38. The van der Waals surface area contributed by atoms with Crippen molar-refractivity contribution in [2.75, 3.05) is 24.2 Å². The summed E-state index contributed by atoms with van der Waals surface area (Å²) in [5, 5.41) is 11.8.